The molecule has 0 saturated carbocycles. The summed E-state index contributed by atoms with van der Waals surface area (Å²) in [6.45, 7) is 1.81. The van der Waals surface area contributed by atoms with Crippen molar-refractivity contribution in [3.05, 3.63) is 30.2 Å². The zero-order valence-corrected chi connectivity index (χ0v) is 10.9. The first-order valence-corrected chi connectivity index (χ1v) is 6.40. The lowest BCUT2D eigenvalue weighted by Crippen LogP contribution is -2.15. The van der Waals surface area contributed by atoms with E-state index in [1.165, 1.54) is 0 Å². The number of nitrogens with two attached hydrogens (primary N) is 1. The van der Waals surface area contributed by atoms with Crippen LogP contribution in [-0.2, 0) is 13.5 Å². The highest BCUT2D eigenvalue weighted by Crippen LogP contribution is 2.34. The van der Waals surface area contributed by atoms with Crippen LogP contribution in [0.2, 0.25) is 0 Å². The molecule has 100 valence electrons. The number of fused-ring (bicyclic) bond motifs is 1. The lowest BCUT2D eigenvalue weighted by Gasteiger charge is -2.18. The maximum Gasteiger partial charge on any atom is 0.162 e. The third kappa shape index (κ3) is 2.17. The molecule has 0 saturated heterocycles. The van der Waals surface area contributed by atoms with Crippen LogP contribution >= 0.6 is 0 Å². The topological polar surface area (TPSA) is 62.3 Å². The van der Waals surface area contributed by atoms with Gasteiger partial charge in [-0.15, -0.1) is 0 Å². The quantitative estimate of drug-likeness (QED) is 0.904. The molecule has 1 aromatic heterocycles. The van der Waals surface area contributed by atoms with Gasteiger partial charge < -0.3 is 19.8 Å². The van der Waals surface area contributed by atoms with E-state index < -0.39 is 0 Å². The van der Waals surface area contributed by atoms with Crippen molar-refractivity contribution in [1.29, 1.82) is 0 Å². The highest BCUT2D eigenvalue weighted by atomic mass is 16.6. The van der Waals surface area contributed by atoms with Crippen LogP contribution in [-0.4, -0.2) is 29.3 Å². The summed E-state index contributed by atoms with van der Waals surface area (Å²) in [4.78, 5) is 4.46. The zero-order valence-electron chi connectivity index (χ0n) is 10.9. The summed E-state index contributed by atoms with van der Waals surface area (Å²) in [6, 6.07) is 5.93. The second-order valence-corrected chi connectivity index (χ2v) is 4.55. The van der Waals surface area contributed by atoms with E-state index in [0.29, 0.717) is 19.8 Å². The number of imidazole rings is 1. The van der Waals surface area contributed by atoms with E-state index >= 15 is 0 Å². The zero-order chi connectivity index (χ0) is 13.2. The van der Waals surface area contributed by atoms with Crippen LogP contribution in [0.15, 0.2) is 24.5 Å². The molecule has 0 bridgehead atoms. The van der Waals surface area contributed by atoms with Crippen molar-refractivity contribution in [3.8, 4) is 22.8 Å². The standard InChI is InChI=1S/C14H17N3O2/c1-17-9-16-14(11(17)4-5-15)10-2-3-12-13(8-10)19-7-6-18-12/h2-3,8-9H,4-7,15H2,1H3. The summed E-state index contributed by atoms with van der Waals surface area (Å²) in [5.41, 5.74) is 8.80. The third-order valence-electron chi connectivity index (χ3n) is 3.26. The number of ether oxygens (including phenoxy) is 2. The molecule has 2 heterocycles. The predicted octanol–water partition coefficient (Wildman–Crippen LogP) is 1.36. The predicted molar refractivity (Wildman–Crippen MR) is 72.4 cm³/mol. The highest BCUT2D eigenvalue weighted by molar-refractivity contribution is 5.66. The maximum absolute atomic E-state index is 5.66. The van der Waals surface area contributed by atoms with Crippen molar-refractivity contribution in [2.75, 3.05) is 19.8 Å². The fraction of sp³-hybridized carbons (Fsp3) is 0.357. The van der Waals surface area contributed by atoms with Gasteiger partial charge in [0.05, 0.1) is 12.0 Å². The summed E-state index contributed by atoms with van der Waals surface area (Å²) in [6.07, 6.45) is 2.62. The van der Waals surface area contributed by atoms with E-state index in [9.17, 15) is 0 Å². The van der Waals surface area contributed by atoms with Crippen molar-refractivity contribution in [2.24, 2.45) is 12.8 Å². The summed E-state index contributed by atoms with van der Waals surface area (Å²) >= 11 is 0. The van der Waals surface area contributed by atoms with Gasteiger partial charge in [-0.2, -0.15) is 0 Å². The van der Waals surface area contributed by atoms with Gasteiger partial charge in [-0.3, -0.25) is 0 Å². The average molecular weight is 259 g/mol. The molecule has 0 radical (unpaired) electrons. The van der Waals surface area contributed by atoms with E-state index in [2.05, 4.69) is 4.98 Å². The van der Waals surface area contributed by atoms with E-state index in [1.807, 2.05) is 36.1 Å². The molecule has 1 aromatic carbocycles. The third-order valence-corrected chi connectivity index (χ3v) is 3.26. The van der Waals surface area contributed by atoms with Gasteiger partial charge in [0, 0.05) is 24.7 Å². The van der Waals surface area contributed by atoms with Crippen LogP contribution < -0.4 is 15.2 Å². The van der Waals surface area contributed by atoms with Gasteiger partial charge in [0.25, 0.3) is 0 Å². The number of hydrogen-bond donors (Lipinski definition) is 1. The minimum absolute atomic E-state index is 0.592. The normalized spacial score (nSPS) is 13.6. The van der Waals surface area contributed by atoms with Crippen LogP contribution in [0, 0.1) is 0 Å². The first kappa shape index (κ1) is 12.0. The number of aryl methyl sites for hydroxylation is 1. The Morgan fingerprint density at radius 2 is 2.05 bits per heavy atom. The second-order valence-electron chi connectivity index (χ2n) is 4.55. The summed E-state index contributed by atoms with van der Waals surface area (Å²) in [5, 5.41) is 0. The molecule has 0 unspecified atom stereocenters. The lowest BCUT2D eigenvalue weighted by molar-refractivity contribution is 0.171. The Balaban J connectivity index is 2.02. The molecule has 0 aliphatic carbocycles. The molecule has 1 aliphatic rings. The fourth-order valence-corrected chi connectivity index (χ4v) is 2.32. The van der Waals surface area contributed by atoms with Crippen LogP contribution in [0.4, 0.5) is 0 Å². The van der Waals surface area contributed by atoms with Crippen molar-refractivity contribution < 1.29 is 9.47 Å². The van der Waals surface area contributed by atoms with Gasteiger partial charge in [-0.1, -0.05) is 0 Å². The molecule has 1 aliphatic heterocycles. The Morgan fingerprint density at radius 3 is 2.84 bits per heavy atom. The van der Waals surface area contributed by atoms with Gasteiger partial charge in [-0.05, 0) is 24.7 Å². The minimum Gasteiger partial charge on any atom is -0.486 e. The molecule has 0 atom stereocenters. The molecular weight excluding hydrogens is 242 g/mol. The molecule has 0 amide bonds. The Bertz CT molecular complexity index is 592. The van der Waals surface area contributed by atoms with Gasteiger partial charge in [-0.25, -0.2) is 4.98 Å². The van der Waals surface area contributed by atoms with Crippen molar-refractivity contribution in [3.63, 3.8) is 0 Å². The van der Waals surface area contributed by atoms with Crippen LogP contribution in [0.25, 0.3) is 11.3 Å². The monoisotopic (exact) mass is 259 g/mol. The van der Waals surface area contributed by atoms with E-state index in [4.69, 9.17) is 15.2 Å². The average Bonchev–Trinajstić information content (AvgIpc) is 2.80. The Kier molecular flexibility index (Phi) is 3.13. The Hall–Kier alpha value is -2.01. The van der Waals surface area contributed by atoms with Gasteiger partial charge in [0.2, 0.25) is 0 Å². The number of aromatic nitrogens is 2. The SMILES string of the molecule is Cn1cnc(-c2ccc3c(c2)OCCO3)c1CCN. The molecule has 0 fully saturated rings. The lowest BCUT2D eigenvalue weighted by atomic mass is 10.1. The van der Waals surface area contributed by atoms with Crippen molar-refractivity contribution in [2.45, 2.75) is 6.42 Å². The van der Waals surface area contributed by atoms with Crippen molar-refractivity contribution in [1.82, 2.24) is 9.55 Å². The fourth-order valence-electron chi connectivity index (χ4n) is 2.32. The Morgan fingerprint density at radius 1 is 1.26 bits per heavy atom. The van der Waals surface area contributed by atoms with Gasteiger partial charge in [0.1, 0.15) is 13.2 Å². The molecular formula is C14H17N3O2. The van der Waals surface area contributed by atoms with E-state index in [-0.39, 0.29) is 0 Å². The maximum atomic E-state index is 5.66. The number of hydrogen-bond acceptors (Lipinski definition) is 4. The van der Waals surface area contributed by atoms with E-state index in [1.54, 1.807) is 0 Å². The van der Waals surface area contributed by atoms with Gasteiger partial charge >= 0.3 is 0 Å². The minimum atomic E-state index is 0.592. The van der Waals surface area contributed by atoms with E-state index in [0.717, 1.165) is 34.9 Å². The molecule has 19 heavy (non-hydrogen) atoms. The Labute approximate surface area is 112 Å². The highest BCUT2D eigenvalue weighted by Gasteiger charge is 2.16. The molecule has 3 rings (SSSR count). The molecule has 2 aromatic rings. The molecule has 2 N–H and O–H groups in total. The van der Waals surface area contributed by atoms with Crippen LogP contribution in [0.1, 0.15) is 5.69 Å². The molecule has 5 heteroatoms. The molecule has 5 nitrogen and oxygen atoms in total. The number of nitrogens with zero attached hydrogens (tertiary/aromatic N) is 2. The largest absolute Gasteiger partial charge is 0.486 e. The second kappa shape index (κ2) is 4.93. The van der Waals surface area contributed by atoms with Crippen molar-refractivity contribution >= 4 is 0 Å². The summed E-state index contributed by atoms with van der Waals surface area (Å²) in [5.74, 6) is 1.58. The van der Waals surface area contributed by atoms with Gasteiger partial charge in [0.15, 0.2) is 11.5 Å². The van der Waals surface area contributed by atoms with Crippen LogP contribution in [0.5, 0.6) is 11.5 Å². The first-order chi connectivity index (χ1) is 9.29. The summed E-state index contributed by atoms with van der Waals surface area (Å²) < 4.78 is 13.1. The number of benzene rings is 1. The smallest absolute Gasteiger partial charge is 0.162 e. The van der Waals surface area contributed by atoms with Crippen LogP contribution in [0.3, 0.4) is 0 Å². The first-order valence-electron chi connectivity index (χ1n) is 6.40. The number of rotatable bonds is 3. The summed E-state index contributed by atoms with van der Waals surface area (Å²) in [7, 11) is 1.99. The molecule has 0 spiro atoms.